The lowest BCUT2D eigenvalue weighted by atomic mass is 10.2. The van der Waals surface area contributed by atoms with Crippen molar-refractivity contribution < 1.29 is 14.3 Å². The first-order chi connectivity index (χ1) is 8.19. The molecule has 5 heteroatoms. The number of rotatable bonds is 6. The quantitative estimate of drug-likeness (QED) is 0.820. The van der Waals surface area contributed by atoms with Crippen LogP contribution in [0.5, 0.6) is 5.75 Å². The zero-order valence-corrected chi connectivity index (χ0v) is 11.5. The summed E-state index contributed by atoms with van der Waals surface area (Å²) >= 11 is 3.37. The molecule has 0 radical (unpaired) electrons. The fourth-order valence-electron chi connectivity index (χ4n) is 1.28. The van der Waals surface area contributed by atoms with Crippen molar-refractivity contribution in [2.75, 3.05) is 26.9 Å². The van der Waals surface area contributed by atoms with Crippen LogP contribution in [-0.4, -0.2) is 32.8 Å². The highest BCUT2D eigenvalue weighted by Gasteiger charge is 2.08. The van der Waals surface area contributed by atoms with Crippen LogP contribution < -0.4 is 10.1 Å². The molecule has 1 rings (SSSR count). The maximum Gasteiger partial charge on any atom is 0.251 e. The first kappa shape index (κ1) is 14.0. The minimum absolute atomic E-state index is 0.120. The predicted octanol–water partition coefficient (Wildman–Crippen LogP) is 2.22. The fraction of sp³-hybridized carbons (Fsp3) is 0.417. The summed E-state index contributed by atoms with van der Waals surface area (Å²) in [6.45, 7) is 3.51. The maximum absolute atomic E-state index is 11.7. The highest BCUT2D eigenvalue weighted by molar-refractivity contribution is 9.10. The van der Waals surface area contributed by atoms with Gasteiger partial charge in [-0.3, -0.25) is 4.79 Å². The van der Waals surface area contributed by atoms with Gasteiger partial charge in [-0.25, -0.2) is 0 Å². The molecule has 0 heterocycles. The Hall–Kier alpha value is -1.07. The Kier molecular flexibility index (Phi) is 6.00. The largest absolute Gasteiger partial charge is 0.493 e. The van der Waals surface area contributed by atoms with Crippen molar-refractivity contribution in [1.29, 1.82) is 0 Å². The maximum atomic E-state index is 11.7. The minimum Gasteiger partial charge on any atom is -0.493 e. The third-order valence-corrected chi connectivity index (χ3v) is 2.71. The van der Waals surface area contributed by atoms with E-state index in [1.54, 1.807) is 25.3 Å². The molecule has 0 saturated heterocycles. The molecule has 0 saturated carbocycles. The van der Waals surface area contributed by atoms with E-state index in [1.807, 2.05) is 6.92 Å². The Morgan fingerprint density at radius 2 is 2.24 bits per heavy atom. The molecular weight excluding hydrogens is 286 g/mol. The van der Waals surface area contributed by atoms with E-state index in [9.17, 15) is 4.79 Å². The van der Waals surface area contributed by atoms with Crippen LogP contribution in [0, 0.1) is 0 Å². The number of ether oxygens (including phenoxy) is 2. The second-order valence-electron chi connectivity index (χ2n) is 3.33. The van der Waals surface area contributed by atoms with Gasteiger partial charge in [0.15, 0.2) is 0 Å². The van der Waals surface area contributed by atoms with E-state index >= 15 is 0 Å². The van der Waals surface area contributed by atoms with E-state index in [4.69, 9.17) is 9.47 Å². The third-order valence-electron chi connectivity index (χ3n) is 2.09. The van der Waals surface area contributed by atoms with Crippen LogP contribution in [0.15, 0.2) is 22.7 Å². The summed E-state index contributed by atoms with van der Waals surface area (Å²) in [7, 11) is 1.60. The molecule has 0 unspecified atom stereocenters. The number of nitrogens with one attached hydrogen (secondary N) is 1. The van der Waals surface area contributed by atoms with Crippen LogP contribution in [0.4, 0.5) is 0 Å². The molecule has 0 spiro atoms. The number of amides is 1. The highest BCUT2D eigenvalue weighted by atomic mass is 79.9. The van der Waals surface area contributed by atoms with Crippen LogP contribution in [0.25, 0.3) is 0 Å². The first-order valence-corrected chi connectivity index (χ1v) is 6.17. The molecule has 0 aromatic heterocycles. The lowest BCUT2D eigenvalue weighted by Crippen LogP contribution is -2.26. The molecule has 4 nitrogen and oxygen atoms in total. The summed E-state index contributed by atoms with van der Waals surface area (Å²) in [6.07, 6.45) is 0. The Bertz CT molecular complexity index is 382. The second-order valence-corrected chi connectivity index (χ2v) is 4.18. The topological polar surface area (TPSA) is 47.6 Å². The summed E-state index contributed by atoms with van der Waals surface area (Å²) in [6, 6.07) is 5.25. The number of hydrogen-bond acceptors (Lipinski definition) is 3. The van der Waals surface area contributed by atoms with Crippen molar-refractivity contribution in [2.24, 2.45) is 0 Å². The summed E-state index contributed by atoms with van der Waals surface area (Å²) in [5.41, 5.74) is 0.594. The molecular formula is C12H16BrNO3. The van der Waals surface area contributed by atoms with Gasteiger partial charge in [-0.1, -0.05) is 0 Å². The van der Waals surface area contributed by atoms with Crippen molar-refractivity contribution in [3.63, 3.8) is 0 Å². The van der Waals surface area contributed by atoms with E-state index in [-0.39, 0.29) is 5.91 Å². The van der Waals surface area contributed by atoms with E-state index in [2.05, 4.69) is 21.2 Å². The molecule has 1 aromatic carbocycles. The second kappa shape index (κ2) is 7.29. The Morgan fingerprint density at radius 3 is 2.82 bits per heavy atom. The van der Waals surface area contributed by atoms with Gasteiger partial charge in [0, 0.05) is 19.2 Å². The zero-order valence-electron chi connectivity index (χ0n) is 9.96. The standard InChI is InChI=1S/C12H16BrNO3/c1-3-17-11-5-4-9(8-10(11)13)12(15)14-6-7-16-2/h4-5,8H,3,6-7H2,1-2H3,(H,14,15). The number of halogens is 1. The van der Waals surface area contributed by atoms with Crippen molar-refractivity contribution in [3.8, 4) is 5.75 Å². The Balaban J connectivity index is 2.65. The van der Waals surface area contributed by atoms with Crippen LogP contribution in [0.3, 0.4) is 0 Å². The van der Waals surface area contributed by atoms with Gasteiger partial charge in [0.2, 0.25) is 0 Å². The van der Waals surface area contributed by atoms with Gasteiger partial charge in [0.1, 0.15) is 5.75 Å². The van der Waals surface area contributed by atoms with Gasteiger partial charge in [-0.15, -0.1) is 0 Å². The van der Waals surface area contributed by atoms with Crippen molar-refractivity contribution in [1.82, 2.24) is 5.32 Å². The highest BCUT2D eigenvalue weighted by Crippen LogP contribution is 2.25. The van der Waals surface area contributed by atoms with E-state index < -0.39 is 0 Å². The Morgan fingerprint density at radius 1 is 1.47 bits per heavy atom. The van der Waals surface area contributed by atoms with Crippen LogP contribution in [-0.2, 0) is 4.74 Å². The third kappa shape index (κ3) is 4.36. The monoisotopic (exact) mass is 301 g/mol. The minimum atomic E-state index is -0.120. The number of benzene rings is 1. The van der Waals surface area contributed by atoms with Crippen molar-refractivity contribution >= 4 is 21.8 Å². The van der Waals surface area contributed by atoms with Gasteiger partial charge < -0.3 is 14.8 Å². The Labute approximate surface area is 109 Å². The van der Waals surface area contributed by atoms with E-state index in [0.29, 0.717) is 25.3 Å². The van der Waals surface area contributed by atoms with E-state index in [1.165, 1.54) is 0 Å². The lowest BCUT2D eigenvalue weighted by molar-refractivity contribution is 0.0937. The van der Waals surface area contributed by atoms with E-state index in [0.717, 1.165) is 10.2 Å². The number of hydrogen-bond donors (Lipinski definition) is 1. The van der Waals surface area contributed by atoms with Gasteiger partial charge >= 0.3 is 0 Å². The average Bonchev–Trinajstić information content (AvgIpc) is 2.32. The van der Waals surface area contributed by atoms with Gasteiger partial charge in [0.25, 0.3) is 5.91 Å². The molecule has 94 valence electrons. The molecule has 0 fully saturated rings. The molecule has 0 aliphatic heterocycles. The molecule has 0 aliphatic carbocycles. The number of methoxy groups -OCH3 is 1. The summed E-state index contributed by atoms with van der Waals surface area (Å²) in [5, 5.41) is 2.75. The molecule has 1 amide bonds. The SMILES string of the molecule is CCOc1ccc(C(=O)NCCOC)cc1Br. The van der Waals surface area contributed by atoms with Crippen LogP contribution in [0.1, 0.15) is 17.3 Å². The van der Waals surface area contributed by atoms with Crippen molar-refractivity contribution in [3.05, 3.63) is 28.2 Å². The smallest absolute Gasteiger partial charge is 0.251 e. The van der Waals surface area contributed by atoms with Gasteiger partial charge in [-0.05, 0) is 41.1 Å². The summed E-state index contributed by atoms with van der Waals surface area (Å²) < 4.78 is 11.0. The molecule has 0 atom stereocenters. The number of carbonyl (C=O) groups is 1. The summed E-state index contributed by atoms with van der Waals surface area (Å²) in [4.78, 5) is 11.7. The van der Waals surface area contributed by atoms with Crippen LogP contribution in [0.2, 0.25) is 0 Å². The normalized spacial score (nSPS) is 10.1. The molecule has 0 aliphatic rings. The average molecular weight is 302 g/mol. The summed E-state index contributed by atoms with van der Waals surface area (Å²) in [5.74, 6) is 0.617. The van der Waals surface area contributed by atoms with Gasteiger partial charge in [0.05, 0.1) is 17.7 Å². The fourth-order valence-corrected chi connectivity index (χ4v) is 1.78. The van der Waals surface area contributed by atoms with Gasteiger partial charge in [-0.2, -0.15) is 0 Å². The molecule has 1 N–H and O–H groups in total. The predicted molar refractivity (Wildman–Crippen MR) is 69.5 cm³/mol. The molecule has 1 aromatic rings. The zero-order chi connectivity index (χ0) is 12.7. The lowest BCUT2D eigenvalue weighted by Gasteiger charge is -2.08. The molecule has 17 heavy (non-hydrogen) atoms. The van der Waals surface area contributed by atoms with Crippen LogP contribution >= 0.6 is 15.9 Å². The first-order valence-electron chi connectivity index (χ1n) is 5.38. The number of carbonyl (C=O) groups excluding carboxylic acids is 1. The molecule has 0 bridgehead atoms. The van der Waals surface area contributed by atoms with Crippen molar-refractivity contribution in [2.45, 2.75) is 6.92 Å².